The van der Waals surface area contributed by atoms with Crippen LogP contribution in [0.3, 0.4) is 0 Å². The highest BCUT2D eigenvalue weighted by Crippen LogP contribution is 2.43. The molecule has 1 aromatic carbocycles. The zero-order valence-electron chi connectivity index (χ0n) is 14.8. The minimum absolute atomic E-state index is 0.182. The number of furan rings is 1. The summed E-state index contributed by atoms with van der Waals surface area (Å²) >= 11 is 6.00. The van der Waals surface area contributed by atoms with Crippen LogP contribution in [0.1, 0.15) is 27.9 Å². The molecule has 0 saturated carbocycles. The van der Waals surface area contributed by atoms with Crippen molar-refractivity contribution in [1.29, 1.82) is 0 Å². The number of H-pyrrole nitrogens is 1. The topological polar surface area (TPSA) is 80.6 Å². The van der Waals surface area contributed by atoms with Gasteiger partial charge in [0.2, 0.25) is 0 Å². The summed E-state index contributed by atoms with van der Waals surface area (Å²) in [6.45, 7) is 0.250. The number of carbonyl (C=O) groups excluding carboxylic acids is 1. The molecule has 1 amide bonds. The van der Waals surface area contributed by atoms with Crippen molar-refractivity contribution >= 4 is 17.5 Å². The summed E-state index contributed by atoms with van der Waals surface area (Å²) in [5.74, 6) is 0.461. The van der Waals surface area contributed by atoms with Crippen LogP contribution in [0.15, 0.2) is 47.1 Å². The van der Waals surface area contributed by atoms with Crippen molar-refractivity contribution in [2.75, 3.05) is 20.8 Å². The molecule has 27 heavy (non-hydrogen) atoms. The largest absolute Gasteiger partial charge is 0.467 e. The molecular weight excluding hydrogens is 370 g/mol. The van der Waals surface area contributed by atoms with E-state index >= 15 is 0 Å². The summed E-state index contributed by atoms with van der Waals surface area (Å²) in [7, 11) is 3.08. The highest BCUT2D eigenvalue weighted by molar-refractivity contribution is 6.30. The van der Waals surface area contributed by atoms with E-state index in [0.717, 1.165) is 11.1 Å². The molecular formula is C19H18ClN3O4. The van der Waals surface area contributed by atoms with Crippen molar-refractivity contribution in [2.45, 2.75) is 12.3 Å². The fourth-order valence-electron chi connectivity index (χ4n) is 3.36. The number of hydrogen-bond donors (Lipinski definition) is 1. The maximum atomic E-state index is 13.0. The Morgan fingerprint density at radius 3 is 2.63 bits per heavy atom. The van der Waals surface area contributed by atoms with Crippen LogP contribution in [0.5, 0.6) is 0 Å². The number of benzene rings is 1. The van der Waals surface area contributed by atoms with E-state index in [-0.39, 0.29) is 12.5 Å². The first kappa shape index (κ1) is 17.8. The molecule has 4 rings (SSSR count). The highest BCUT2D eigenvalue weighted by Gasteiger charge is 2.44. The molecule has 8 heteroatoms. The quantitative estimate of drug-likeness (QED) is 0.655. The molecule has 0 saturated heterocycles. The zero-order valence-corrected chi connectivity index (χ0v) is 15.6. The van der Waals surface area contributed by atoms with Crippen molar-refractivity contribution < 1.29 is 18.7 Å². The van der Waals surface area contributed by atoms with E-state index in [1.54, 1.807) is 29.4 Å². The van der Waals surface area contributed by atoms with Gasteiger partial charge in [0.1, 0.15) is 17.5 Å². The molecule has 1 aliphatic rings. The van der Waals surface area contributed by atoms with Crippen molar-refractivity contribution in [2.24, 2.45) is 0 Å². The lowest BCUT2D eigenvalue weighted by Gasteiger charge is -2.27. The molecule has 0 radical (unpaired) electrons. The van der Waals surface area contributed by atoms with E-state index in [1.807, 2.05) is 18.2 Å². The average molecular weight is 388 g/mol. The van der Waals surface area contributed by atoms with Crippen LogP contribution in [0.2, 0.25) is 5.02 Å². The van der Waals surface area contributed by atoms with Crippen LogP contribution in [0.4, 0.5) is 0 Å². The minimum atomic E-state index is -0.553. The molecule has 0 spiro atoms. The van der Waals surface area contributed by atoms with Crippen molar-refractivity contribution in [1.82, 2.24) is 15.1 Å². The molecule has 1 atom stereocenters. The number of halogens is 1. The van der Waals surface area contributed by atoms with Gasteiger partial charge >= 0.3 is 0 Å². The van der Waals surface area contributed by atoms with Gasteiger partial charge in [-0.2, -0.15) is 5.10 Å². The van der Waals surface area contributed by atoms with Crippen molar-refractivity contribution in [3.05, 3.63) is 64.7 Å². The van der Waals surface area contributed by atoms with Crippen molar-refractivity contribution in [3.8, 4) is 11.3 Å². The second kappa shape index (κ2) is 7.19. The molecule has 1 unspecified atom stereocenters. The van der Waals surface area contributed by atoms with Crippen molar-refractivity contribution in [3.63, 3.8) is 0 Å². The van der Waals surface area contributed by atoms with Gasteiger partial charge in [0, 0.05) is 30.4 Å². The first-order valence-corrected chi connectivity index (χ1v) is 8.76. The van der Waals surface area contributed by atoms with Gasteiger partial charge in [0.05, 0.1) is 18.5 Å². The lowest BCUT2D eigenvalue weighted by molar-refractivity contribution is -0.114. The second-order valence-electron chi connectivity index (χ2n) is 6.14. The van der Waals surface area contributed by atoms with Gasteiger partial charge in [-0.1, -0.05) is 23.7 Å². The lowest BCUT2D eigenvalue weighted by Crippen LogP contribution is -2.37. The number of rotatable bonds is 6. The normalized spacial score (nSPS) is 16.4. The van der Waals surface area contributed by atoms with E-state index < -0.39 is 12.3 Å². The molecule has 0 aliphatic carbocycles. The van der Waals surface area contributed by atoms with E-state index in [0.29, 0.717) is 22.2 Å². The third-order valence-electron chi connectivity index (χ3n) is 4.67. The maximum absolute atomic E-state index is 13.0. The third kappa shape index (κ3) is 3.03. The summed E-state index contributed by atoms with van der Waals surface area (Å²) in [5.41, 5.74) is 2.75. The minimum Gasteiger partial charge on any atom is -0.467 e. The monoisotopic (exact) mass is 387 g/mol. The Bertz CT molecular complexity index is 933. The van der Waals surface area contributed by atoms with Gasteiger partial charge in [0.15, 0.2) is 6.29 Å². The summed E-state index contributed by atoms with van der Waals surface area (Å²) in [6, 6.07) is 10.5. The molecule has 1 N–H and O–H groups in total. The SMILES string of the molecule is COC(CN1C(=O)c2[nH]nc(-c3ccc(Cl)cc3)c2C1c1ccco1)OC. The number of nitrogens with zero attached hydrogens (tertiary/aromatic N) is 2. The van der Waals surface area contributed by atoms with Gasteiger partial charge in [-0.25, -0.2) is 0 Å². The molecule has 0 fully saturated rings. The van der Waals surface area contributed by atoms with Crippen LogP contribution >= 0.6 is 11.6 Å². The Balaban J connectivity index is 1.81. The van der Waals surface area contributed by atoms with E-state index in [2.05, 4.69) is 10.2 Å². The fourth-order valence-corrected chi connectivity index (χ4v) is 3.49. The molecule has 3 aromatic rings. The molecule has 0 bridgehead atoms. The number of aromatic nitrogens is 2. The smallest absolute Gasteiger partial charge is 0.273 e. The summed E-state index contributed by atoms with van der Waals surface area (Å²) < 4.78 is 16.2. The first-order valence-electron chi connectivity index (χ1n) is 8.38. The van der Waals surface area contributed by atoms with Crippen LogP contribution < -0.4 is 0 Å². The average Bonchev–Trinajstić information content (AvgIpc) is 3.39. The number of methoxy groups -OCH3 is 2. The fraction of sp³-hybridized carbons (Fsp3) is 0.263. The molecule has 7 nitrogen and oxygen atoms in total. The van der Waals surface area contributed by atoms with Crippen LogP contribution in [-0.4, -0.2) is 48.1 Å². The van der Waals surface area contributed by atoms with Gasteiger partial charge in [0.25, 0.3) is 5.91 Å². The number of ether oxygens (including phenoxy) is 2. The second-order valence-corrected chi connectivity index (χ2v) is 6.58. The first-order chi connectivity index (χ1) is 13.1. The Kier molecular flexibility index (Phi) is 4.73. The van der Waals surface area contributed by atoms with E-state index in [4.69, 9.17) is 25.5 Å². The Hall–Kier alpha value is -2.61. The van der Waals surface area contributed by atoms with E-state index in [1.165, 1.54) is 14.2 Å². The predicted octanol–water partition coefficient (Wildman–Crippen LogP) is 3.49. The molecule has 2 aromatic heterocycles. The number of aromatic amines is 1. The Labute approximate surface area is 160 Å². The maximum Gasteiger partial charge on any atom is 0.273 e. The number of hydrogen-bond acceptors (Lipinski definition) is 5. The number of carbonyl (C=O) groups is 1. The van der Waals surface area contributed by atoms with Gasteiger partial charge in [-0.3, -0.25) is 9.89 Å². The predicted molar refractivity (Wildman–Crippen MR) is 98.4 cm³/mol. The Morgan fingerprint density at radius 2 is 2.00 bits per heavy atom. The highest BCUT2D eigenvalue weighted by atomic mass is 35.5. The lowest BCUT2D eigenvalue weighted by atomic mass is 10.0. The van der Waals surface area contributed by atoms with Gasteiger partial charge < -0.3 is 18.8 Å². The third-order valence-corrected chi connectivity index (χ3v) is 4.92. The standard InChI is InChI=1S/C19H18ClN3O4/c1-25-14(26-2)10-23-18(13-4-3-9-27-13)15-16(21-22-17(15)19(23)24)11-5-7-12(20)8-6-11/h3-9,14,18H,10H2,1-2H3,(H,21,22). The molecule has 1 aliphatic heterocycles. The summed E-state index contributed by atoms with van der Waals surface area (Å²) in [4.78, 5) is 14.7. The molecule has 3 heterocycles. The molecule has 140 valence electrons. The summed E-state index contributed by atoms with van der Waals surface area (Å²) in [5, 5.41) is 7.90. The zero-order chi connectivity index (χ0) is 19.0. The van der Waals surface area contributed by atoms with Crippen LogP contribution in [-0.2, 0) is 9.47 Å². The number of nitrogens with one attached hydrogen (secondary N) is 1. The van der Waals surface area contributed by atoms with Crippen LogP contribution in [0.25, 0.3) is 11.3 Å². The summed E-state index contributed by atoms with van der Waals surface area (Å²) in [6.07, 6.45) is 1.03. The Morgan fingerprint density at radius 1 is 1.26 bits per heavy atom. The van der Waals surface area contributed by atoms with Gasteiger partial charge in [-0.15, -0.1) is 0 Å². The number of fused-ring (bicyclic) bond motifs is 1. The van der Waals surface area contributed by atoms with E-state index in [9.17, 15) is 4.79 Å². The number of amides is 1. The van der Waals surface area contributed by atoms with Gasteiger partial charge in [-0.05, 0) is 24.3 Å². The van der Waals surface area contributed by atoms with Crippen LogP contribution in [0, 0.1) is 0 Å².